The van der Waals surface area contributed by atoms with Crippen LogP contribution in [0.1, 0.15) is 41.3 Å². The van der Waals surface area contributed by atoms with E-state index in [1.54, 1.807) is 20.1 Å². The number of aliphatic imine (C=N–C) groups is 1. The lowest BCUT2D eigenvalue weighted by Crippen LogP contribution is -2.35. The first kappa shape index (κ1) is 18.2. The molecule has 2 atom stereocenters. The minimum absolute atomic E-state index is 0.0907. The maximum Gasteiger partial charge on any atom is 0.315 e. The highest BCUT2D eigenvalue weighted by molar-refractivity contribution is 6.24. The number of ketones is 1. The summed E-state index contributed by atoms with van der Waals surface area (Å²) in [6.45, 7) is 3.85. The van der Waals surface area contributed by atoms with Gasteiger partial charge >= 0.3 is 5.97 Å². The largest absolute Gasteiger partial charge is 0.496 e. The number of allylic oxidation sites excluding steroid dienone is 1. The Morgan fingerprint density at radius 1 is 1.07 bits per heavy atom. The van der Waals surface area contributed by atoms with Crippen LogP contribution in [0.5, 0.6) is 5.75 Å². The van der Waals surface area contributed by atoms with Crippen LogP contribution in [0.3, 0.4) is 0 Å². The molecule has 2 aromatic rings. The van der Waals surface area contributed by atoms with Gasteiger partial charge in [-0.3, -0.25) is 14.6 Å². The van der Waals surface area contributed by atoms with E-state index in [2.05, 4.69) is 4.99 Å². The maximum absolute atomic E-state index is 13.3. The molecule has 0 radical (unpaired) electrons. The van der Waals surface area contributed by atoms with E-state index in [1.165, 1.54) is 0 Å². The number of hydrogen-bond donors (Lipinski definition) is 0. The van der Waals surface area contributed by atoms with Crippen LogP contribution in [0.4, 0.5) is 0 Å². The lowest BCUT2D eigenvalue weighted by atomic mass is 9.75. The van der Waals surface area contributed by atoms with Gasteiger partial charge in [0, 0.05) is 33.9 Å². The van der Waals surface area contributed by atoms with Gasteiger partial charge in [-0.15, -0.1) is 0 Å². The number of methoxy groups -OCH3 is 1. The average Bonchev–Trinajstić information content (AvgIpc) is 2.99. The summed E-state index contributed by atoms with van der Waals surface area (Å²) < 4.78 is 10.9. The highest BCUT2D eigenvalue weighted by atomic mass is 16.5. The molecule has 0 spiro atoms. The number of benzene rings is 2. The number of ether oxygens (including phenoxy) is 2. The molecule has 1 unspecified atom stereocenters. The van der Waals surface area contributed by atoms with Crippen LogP contribution >= 0.6 is 0 Å². The molecular formula is C23H21NO4. The Morgan fingerprint density at radius 3 is 2.46 bits per heavy atom. The van der Waals surface area contributed by atoms with Gasteiger partial charge in [-0.2, -0.15) is 0 Å². The first-order valence-electron chi connectivity index (χ1n) is 9.31. The van der Waals surface area contributed by atoms with E-state index in [4.69, 9.17) is 9.47 Å². The van der Waals surface area contributed by atoms with Crippen molar-refractivity contribution in [1.82, 2.24) is 0 Å². The second kappa shape index (κ2) is 7.08. The fourth-order valence-electron chi connectivity index (χ4n) is 4.15. The van der Waals surface area contributed by atoms with Crippen molar-refractivity contribution >= 4 is 23.2 Å². The fraction of sp³-hybridized carbons (Fsp3) is 0.261. The number of rotatable bonds is 4. The summed E-state index contributed by atoms with van der Waals surface area (Å²) in [6, 6.07) is 14.9. The normalized spacial score (nSPS) is 20.4. The van der Waals surface area contributed by atoms with E-state index in [0.29, 0.717) is 28.3 Å². The lowest BCUT2D eigenvalue weighted by Gasteiger charge is -2.31. The predicted octanol–water partition coefficient (Wildman–Crippen LogP) is 4.04. The number of carbonyl (C=O) groups is 2. The minimum atomic E-state index is -0.673. The Labute approximate surface area is 163 Å². The molecule has 28 heavy (non-hydrogen) atoms. The zero-order valence-corrected chi connectivity index (χ0v) is 16.1. The SMILES string of the molecule is CCOC(=O)C1C(C)=NC2=C(C(=O)c3ccccc32)[C@@H]1c1ccccc1OC. The summed E-state index contributed by atoms with van der Waals surface area (Å²) in [7, 11) is 1.59. The Hall–Kier alpha value is -3.21. The molecular weight excluding hydrogens is 354 g/mol. The van der Waals surface area contributed by atoms with Crippen molar-refractivity contribution in [3.05, 3.63) is 70.8 Å². The van der Waals surface area contributed by atoms with Gasteiger partial charge in [0.25, 0.3) is 0 Å². The van der Waals surface area contributed by atoms with Crippen molar-refractivity contribution in [2.24, 2.45) is 10.9 Å². The monoisotopic (exact) mass is 375 g/mol. The lowest BCUT2D eigenvalue weighted by molar-refractivity contribution is -0.146. The molecule has 0 bridgehead atoms. The van der Waals surface area contributed by atoms with Crippen molar-refractivity contribution in [3.63, 3.8) is 0 Å². The summed E-state index contributed by atoms with van der Waals surface area (Å²) in [6.07, 6.45) is 0. The highest BCUT2D eigenvalue weighted by Crippen LogP contribution is 2.49. The van der Waals surface area contributed by atoms with Gasteiger partial charge in [0.15, 0.2) is 5.78 Å². The minimum Gasteiger partial charge on any atom is -0.496 e. The number of nitrogens with zero attached hydrogens (tertiary/aromatic N) is 1. The third kappa shape index (κ3) is 2.66. The number of hydrogen-bond acceptors (Lipinski definition) is 5. The summed E-state index contributed by atoms with van der Waals surface area (Å²) in [5, 5.41) is 0. The molecule has 4 rings (SSSR count). The summed E-state index contributed by atoms with van der Waals surface area (Å²) in [4.78, 5) is 30.9. The molecule has 2 aromatic carbocycles. The van der Waals surface area contributed by atoms with E-state index in [9.17, 15) is 9.59 Å². The first-order valence-corrected chi connectivity index (χ1v) is 9.31. The first-order chi connectivity index (χ1) is 13.6. The van der Waals surface area contributed by atoms with Gasteiger partial charge in [0.05, 0.1) is 19.4 Å². The van der Waals surface area contributed by atoms with Gasteiger partial charge < -0.3 is 9.47 Å². The van der Waals surface area contributed by atoms with Crippen LogP contribution in [-0.4, -0.2) is 31.2 Å². The van der Waals surface area contributed by atoms with E-state index < -0.39 is 11.8 Å². The van der Waals surface area contributed by atoms with Gasteiger partial charge in [0.1, 0.15) is 11.7 Å². The predicted molar refractivity (Wildman–Crippen MR) is 107 cm³/mol. The third-order valence-electron chi connectivity index (χ3n) is 5.32. The molecule has 1 aliphatic heterocycles. The second-order valence-electron chi connectivity index (χ2n) is 6.84. The second-order valence-corrected chi connectivity index (χ2v) is 6.84. The topological polar surface area (TPSA) is 65.0 Å². The zero-order valence-electron chi connectivity index (χ0n) is 16.1. The number of Topliss-reactive ketones (excluding diaryl/α,β-unsaturated/α-hetero) is 1. The third-order valence-corrected chi connectivity index (χ3v) is 5.32. The zero-order chi connectivity index (χ0) is 19.8. The molecule has 1 aliphatic carbocycles. The Kier molecular flexibility index (Phi) is 4.59. The molecule has 5 heteroatoms. The number of fused-ring (bicyclic) bond motifs is 2. The van der Waals surface area contributed by atoms with Crippen LogP contribution in [-0.2, 0) is 9.53 Å². The van der Waals surface area contributed by atoms with E-state index in [0.717, 1.165) is 11.1 Å². The summed E-state index contributed by atoms with van der Waals surface area (Å²) in [5.74, 6) is -1.02. The van der Waals surface area contributed by atoms with Crippen molar-refractivity contribution in [1.29, 1.82) is 0 Å². The van der Waals surface area contributed by atoms with Gasteiger partial charge in [-0.25, -0.2) is 0 Å². The number of esters is 1. The van der Waals surface area contributed by atoms with Crippen LogP contribution in [0.25, 0.3) is 5.70 Å². The molecule has 0 amide bonds. The Bertz CT molecular complexity index is 1030. The van der Waals surface area contributed by atoms with E-state index in [1.807, 2.05) is 49.4 Å². The quantitative estimate of drug-likeness (QED) is 0.757. The van der Waals surface area contributed by atoms with Crippen molar-refractivity contribution in [2.75, 3.05) is 13.7 Å². The standard InChI is InChI=1S/C23H21NO4/c1-4-28-23(26)18-13(2)24-21-14-9-5-6-10-15(14)22(25)20(21)19(18)16-11-7-8-12-17(16)27-3/h5-12,18-19H,4H2,1-3H3/t18?,19-/m1/s1. The van der Waals surface area contributed by atoms with Crippen molar-refractivity contribution in [2.45, 2.75) is 19.8 Å². The Balaban J connectivity index is 1.96. The number of carbonyl (C=O) groups excluding carboxylic acids is 2. The van der Waals surface area contributed by atoms with Gasteiger partial charge in [-0.1, -0.05) is 42.5 Å². The molecule has 142 valence electrons. The molecule has 0 fully saturated rings. The van der Waals surface area contributed by atoms with Gasteiger partial charge in [-0.05, 0) is 19.9 Å². The van der Waals surface area contributed by atoms with Gasteiger partial charge in [0.2, 0.25) is 0 Å². The van der Waals surface area contributed by atoms with Crippen LogP contribution in [0.2, 0.25) is 0 Å². The van der Waals surface area contributed by atoms with E-state index >= 15 is 0 Å². The number of para-hydroxylation sites is 1. The van der Waals surface area contributed by atoms with Crippen LogP contribution in [0, 0.1) is 5.92 Å². The van der Waals surface area contributed by atoms with E-state index in [-0.39, 0.29) is 18.4 Å². The molecule has 0 saturated heterocycles. The average molecular weight is 375 g/mol. The summed E-state index contributed by atoms with van der Waals surface area (Å²) in [5.41, 5.74) is 4.03. The Morgan fingerprint density at radius 2 is 1.75 bits per heavy atom. The maximum atomic E-state index is 13.3. The smallest absolute Gasteiger partial charge is 0.315 e. The van der Waals surface area contributed by atoms with Crippen LogP contribution < -0.4 is 4.74 Å². The van der Waals surface area contributed by atoms with Crippen molar-refractivity contribution < 1.29 is 19.1 Å². The van der Waals surface area contributed by atoms with Crippen LogP contribution in [0.15, 0.2) is 59.1 Å². The molecule has 2 aliphatic rings. The molecule has 1 heterocycles. The fourth-order valence-corrected chi connectivity index (χ4v) is 4.15. The molecule has 0 N–H and O–H groups in total. The molecule has 0 aromatic heterocycles. The van der Waals surface area contributed by atoms with Crippen molar-refractivity contribution in [3.8, 4) is 5.75 Å². The highest BCUT2D eigenvalue weighted by Gasteiger charge is 2.46. The molecule has 5 nitrogen and oxygen atoms in total. The molecule has 0 saturated carbocycles. The summed E-state index contributed by atoms with van der Waals surface area (Å²) >= 11 is 0.